The Labute approximate surface area is 150 Å². The lowest BCUT2D eigenvalue weighted by atomic mass is 9.94. The Morgan fingerprint density at radius 2 is 2.00 bits per heavy atom. The van der Waals surface area contributed by atoms with Crippen molar-refractivity contribution < 1.29 is 14.3 Å². The maximum atomic E-state index is 12.4. The standard InChI is InChI=1S/C20H28N2O3/c1-6-15-16-8-10-22(19(23)25-20(2,3)4)9-7-14(16)13-17-18(15)21(5)11-12-24-17/h6,13H,1,7-12H2,2-5H3. The van der Waals surface area contributed by atoms with Crippen LogP contribution in [0.5, 0.6) is 5.75 Å². The van der Waals surface area contributed by atoms with Gasteiger partial charge in [-0.25, -0.2) is 4.79 Å². The summed E-state index contributed by atoms with van der Waals surface area (Å²) in [5, 5.41) is 0. The lowest BCUT2D eigenvalue weighted by Gasteiger charge is -2.31. The van der Waals surface area contributed by atoms with Crippen molar-refractivity contribution in [2.45, 2.75) is 39.2 Å². The van der Waals surface area contributed by atoms with E-state index in [9.17, 15) is 4.79 Å². The van der Waals surface area contributed by atoms with Crippen molar-refractivity contribution in [3.05, 3.63) is 29.3 Å². The molecule has 0 spiro atoms. The summed E-state index contributed by atoms with van der Waals surface area (Å²) in [7, 11) is 2.09. The van der Waals surface area contributed by atoms with Crippen molar-refractivity contribution >= 4 is 17.9 Å². The number of anilines is 1. The first-order valence-electron chi connectivity index (χ1n) is 8.93. The normalized spacial score (nSPS) is 17.1. The Balaban J connectivity index is 1.89. The molecule has 2 aliphatic rings. The molecule has 0 saturated heterocycles. The zero-order valence-corrected chi connectivity index (χ0v) is 15.7. The Bertz CT molecular complexity index is 691. The number of hydrogen-bond donors (Lipinski definition) is 0. The van der Waals surface area contributed by atoms with Crippen molar-refractivity contribution in [3.63, 3.8) is 0 Å². The third kappa shape index (κ3) is 3.60. The second kappa shape index (κ2) is 6.62. The van der Waals surface area contributed by atoms with Crippen LogP contribution in [0.15, 0.2) is 12.6 Å². The van der Waals surface area contributed by atoms with Gasteiger partial charge in [0, 0.05) is 25.7 Å². The topological polar surface area (TPSA) is 42.0 Å². The maximum Gasteiger partial charge on any atom is 0.410 e. The predicted molar refractivity (Wildman–Crippen MR) is 101 cm³/mol. The highest BCUT2D eigenvalue weighted by Gasteiger charge is 2.28. The fraction of sp³-hybridized carbons (Fsp3) is 0.550. The van der Waals surface area contributed by atoms with Gasteiger partial charge in [0.1, 0.15) is 18.0 Å². The van der Waals surface area contributed by atoms with Crippen molar-refractivity contribution in [1.82, 2.24) is 4.90 Å². The van der Waals surface area contributed by atoms with Crippen molar-refractivity contribution in [2.24, 2.45) is 0 Å². The van der Waals surface area contributed by atoms with Crippen molar-refractivity contribution in [3.8, 4) is 5.75 Å². The van der Waals surface area contributed by atoms with Gasteiger partial charge in [-0.2, -0.15) is 0 Å². The number of likely N-dealkylation sites (N-methyl/N-ethyl adjacent to an activating group) is 1. The number of rotatable bonds is 1. The predicted octanol–water partition coefficient (Wildman–Crippen LogP) is 3.49. The SMILES string of the molecule is C=Cc1c2c(cc3c1N(C)CCO3)CCN(C(=O)OC(C)(C)C)CC2. The summed E-state index contributed by atoms with van der Waals surface area (Å²) in [5.74, 6) is 0.924. The highest BCUT2D eigenvalue weighted by Crippen LogP contribution is 2.40. The van der Waals surface area contributed by atoms with E-state index in [2.05, 4.69) is 24.6 Å². The fourth-order valence-electron chi connectivity index (χ4n) is 3.53. The molecule has 0 N–H and O–H groups in total. The lowest BCUT2D eigenvalue weighted by molar-refractivity contribution is 0.0258. The number of carbonyl (C=O) groups is 1. The molecule has 1 aromatic rings. The zero-order valence-electron chi connectivity index (χ0n) is 15.7. The van der Waals surface area contributed by atoms with Crippen LogP contribution in [0.4, 0.5) is 10.5 Å². The van der Waals surface area contributed by atoms with Gasteiger partial charge in [0.25, 0.3) is 0 Å². The molecule has 0 aliphatic carbocycles. The van der Waals surface area contributed by atoms with E-state index in [1.807, 2.05) is 31.7 Å². The number of ether oxygens (including phenoxy) is 2. The second-order valence-corrected chi connectivity index (χ2v) is 7.72. The summed E-state index contributed by atoms with van der Waals surface area (Å²) < 4.78 is 11.4. The molecule has 0 aromatic heterocycles. The Hall–Kier alpha value is -2.17. The smallest absolute Gasteiger partial charge is 0.410 e. The van der Waals surface area contributed by atoms with E-state index < -0.39 is 5.60 Å². The summed E-state index contributed by atoms with van der Waals surface area (Å²) in [5.41, 5.74) is 4.30. The highest BCUT2D eigenvalue weighted by atomic mass is 16.6. The molecule has 0 atom stereocenters. The Morgan fingerprint density at radius 1 is 1.28 bits per heavy atom. The number of benzene rings is 1. The quantitative estimate of drug-likeness (QED) is 0.782. The molecule has 1 aromatic carbocycles. The zero-order chi connectivity index (χ0) is 18.2. The maximum absolute atomic E-state index is 12.4. The summed E-state index contributed by atoms with van der Waals surface area (Å²) in [6, 6.07) is 2.14. The molecule has 3 rings (SSSR count). The van der Waals surface area contributed by atoms with E-state index in [0.29, 0.717) is 19.7 Å². The van der Waals surface area contributed by atoms with Crippen LogP contribution in [0.3, 0.4) is 0 Å². The number of fused-ring (bicyclic) bond motifs is 2. The molecule has 0 fully saturated rings. The molecule has 1 amide bonds. The van der Waals surface area contributed by atoms with E-state index in [-0.39, 0.29) is 6.09 Å². The number of amides is 1. The van der Waals surface area contributed by atoms with Crippen LogP contribution in [0.25, 0.3) is 6.08 Å². The number of nitrogens with zero attached hydrogens (tertiary/aromatic N) is 2. The van der Waals surface area contributed by atoms with Gasteiger partial charge < -0.3 is 19.3 Å². The van der Waals surface area contributed by atoms with Gasteiger partial charge in [0.2, 0.25) is 0 Å². The van der Waals surface area contributed by atoms with Crippen LogP contribution < -0.4 is 9.64 Å². The summed E-state index contributed by atoms with van der Waals surface area (Å²) in [6.45, 7) is 12.6. The molecule has 0 radical (unpaired) electrons. The van der Waals surface area contributed by atoms with Crippen LogP contribution in [0.1, 0.15) is 37.5 Å². The molecule has 25 heavy (non-hydrogen) atoms. The molecule has 2 heterocycles. The average molecular weight is 344 g/mol. The van der Waals surface area contributed by atoms with E-state index in [0.717, 1.165) is 36.4 Å². The minimum Gasteiger partial charge on any atom is -0.490 e. The van der Waals surface area contributed by atoms with Gasteiger partial charge in [-0.1, -0.05) is 12.7 Å². The number of hydrogen-bond acceptors (Lipinski definition) is 4. The van der Waals surface area contributed by atoms with E-state index >= 15 is 0 Å². The van der Waals surface area contributed by atoms with Gasteiger partial charge in [0.05, 0.1) is 12.2 Å². The first kappa shape index (κ1) is 17.6. The van der Waals surface area contributed by atoms with Crippen LogP contribution in [0, 0.1) is 0 Å². The van der Waals surface area contributed by atoms with Crippen LogP contribution >= 0.6 is 0 Å². The Morgan fingerprint density at radius 3 is 2.68 bits per heavy atom. The van der Waals surface area contributed by atoms with Crippen molar-refractivity contribution in [2.75, 3.05) is 38.2 Å². The largest absolute Gasteiger partial charge is 0.490 e. The average Bonchev–Trinajstić information content (AvgIpc) is 2.74. The Kier molecular flexibility index (Phi) is 4.67. The van der Waals surface area contributed by atoms with Crippen LogP contribution in [0.2, 0.25) is 0 Å². The molecule has 0 bridgehead atoms. The molecule has 5 nitrogen and oxygen atoms in total. The second-order valence-electron chi connectivity index (χ2n) is 7.72. The van der Waals surface area contributed by atoms with Gasteiger partial charge >= 0.3 is 6.09 Å². The minimum absolute atomic E-state index is 0.237. The van der Waals surface area contributed by atoms with E-state index in [1.54, 1.807) is 0 Å². The van der Waals surface area contributed by atoms with Gasteiger partial charge in [-0.05, 0) is 50.8 Å². The first-order chi connectivity index (χ1) is 11.8. The summed E-state index contributed by atoms with van der Waals surface area (Å²) in [4.78, 5) is 16.5. The highest BCUT2D eigenvalue weighted by molar-refractivity contribution is 5.78. The van der Waals surface area contributed by atoms with Gasteiger partial charge in [0.15, 0.2) is 0 Å². The lowest BCUT2D eigenvalue weighted by Crippen LogP contribution is -2.38. The molecule has 136 valence electrons. The molecule has 5 heteroatoms. The molecule has 0 saturated carbocycles. The summed E-state index contributed by atoms with van der Waals surface area (Å²) >= 11 is 0. The summed E-state index contributed by atoms with van der Waals surface area (Å²) in [6.07, 6.45) is 3.29. The van der Waals surface area contributed by atoms with E-state index in [1.165, 1.54) is 11.1 Å². The first-order valence-corrected chi connectivity index (χ1v) is 8.93. The molecule has 0 unspecified atom stereocenters. The van der Waals surface area contributed by atoms with Crippen LogP contribution in [-0.4, -0.2) is 49.9 Å². The van der Waals surface area contributed by atoms with Gasteiger partial charge in [-0.15, -0.1) is 0 Å². The third-order valence-electron chi connectivity index (χ3n) is 4.71. The van der Waals surface area contributed by atoms with Crippen molar-refractivity contribution in [1.29, 1.82) is 0 Å². The number of carbonyl (C=O) groups excluding carboxylic acids is 1. The van der Waals surface area contributed by atoms with Gasteiger partial charge in [-0.3, -0.25) is 0 Å². The molecular formula is C20H28N2O3. The monoisotopic (exact) mass is 344 g/mol. The molecule has 2 aliphatic heterocycles. The van der Waals surface area contributed by atoms with Crippen LogP contribution in [-0.2, 0) is 17.6 Å². The fourth-order valence-corrected chi connectivity index (χ4v) is 3.53. The minimum atomic E-state index is -0.474. The molecular weight excluding hydrogens is 316 g/mol. The third-order valence-corrected chi connectivity index (χ3v) is 4.71. The van der Waals surface area contributed by atoms with E-state index in [4.69, 9.17) is 9.47 Å².